The van der Waals surface area contributed by atoms with E-state index in [1.165, 1.54) is 0 Å². The number of benzene rings is 1. The Hall–Kier alpha value is -1.84. The Morgan fingerprint density at radius 1 is 1.48 bits per heavy atom. The van der Waals surface area contributed by atoms with E-state index in [0.29, 0.717) is 11.1 Å². The molecule has 21 heavy (non-hydrogen) atoms. The van der Waals surface area contributed by atoms with Crippen LogP contribution in [0.3, 0.4) is 0 Å². The second-order valence-corrected chi connectivity index (χ2v) is 7.23. The molecule has 0 spiro atoms. The van der Waals surface area contributed by atoms with E-state index >= 15 is 0 Å². The maximum absolute atomic E-state index is 12.5. The Labute approximate surface area is 124 Å². The average molecular weight is 307 g/mol. The van der Waals surface area contributed by atoms with Gasteiger partial charge >= 0.3 is 0 Å². The van der Waals surface area contributed by atoms with Crippen LogP contribution in [0.4, 0.5) is 0 Å². The highest BCUT2D eigenvalue weighted by Crippen LogP contribution is 2.16. The maximum Gasteiger partial charge on any atom is 0.254 e. The molecule has 1 unspecified atom stereocenters. The molecule has 0 aromatic heterocycles. The summed E-state index contributed by atoms with van der Waals surface area (Å²) < 4.78 is 23.1. The lowest BCUT2D eigenvalue weighted by atomic mass is 10.1. The number of carbonyl (C=O) groups excluding carboxylic acids is 1. The fourth-order valence-corrected chi connectivity index (χ4v) is 3.89. The van der Waals surface area contributed by atoms with Crippen molar-refractivity contribution in [2.45, 2.75) is 13.0 Å². The van der Waals surface area contributed by atoms with Crippen LogP contribution in [0.2, 0.25) is 0 Å². The third kappa shape index (κ3) is 3.84. The third-order valence-corrected chi connectivity index (χ3v) is 5.15. The second-order valence-electron chi connectivity index (χ2n) is 5.00. The van der Waals surface area contributed by atoms with Gasteiger partial charge in [0.05, 0.1) is 11.5 Å². The number of nitrogens with zero attached hydrogens (tertiary/aromatic N) is 1. The normalized spacial score (nSPS) is 20.5. The quantitative estimate of drug-likeness (QED) is 0.757. The molecule has 1 fully saturated rings. The van der Waals surface area contributed by atoms with Gasteiger partial charge in [-0.25, -0.2) is 8.42 Å². The molecule has 1 N–H and O–H groups in total. The summed E-state index contributed by atoms with van der Waals surface area (Å²) in [6.45, 7) is 1.72. The second kappa shape index (κ2) is 6.29. The van der Waals surface area contributed by atoms with Crippen molar-refractivity contribution in [2.75, 3.05) is 24.7 Å². The SMILES string of the molecule is CC1CS(=O)(=O)CCN1C(=O)c1cccc(C#CCO)c1. The number of carbonyl (C=O) groups is 1. The molecule has 6 heteroatoms. The van der Waals surface area contributed by atoms with E-state index in [-0.39, 0.29) is 36.6 Å². The summed E-state index contributed by atoms with van der Waals surface area (Å²) in [5.74, 6) is 5.10. The van der Waals surface area contributed by atoms with Crippen LogP contribution in [-0.2, 0) is 9.84 Å². The van der Waals surface area contributed by atoms with Gasteiger partial charge < -0.3 is 10.0 Å². The Kier molecular flexibility index (Phi) is 4.66. The van der Waals surface area contributed by atoms with Gasteiger partial charge in [0.2, 0.25) is 0 Å². The molecular formula is C15H17NO4S. The Balaban J connectivity index is 2.20. The van der Waals surface area contributed by atoms with Crippen molar-refractivity contribution in [3.63, 3.8) is 0 Å². The van der Waals surface area contributed by atoms with Crippen LogP contribution in [0.15, 0.2) is 24.3 Å². The Morgan fingerprint density at radius 3 is 2.90 bits per heavy atom. The zero-order valence-corrected chi connectivity index (χ0v) is 12.6. The van der Waals surface area contributed by atoms with Crippen LogP contribution in [0, 0.1) is 11.8 Å². The average Bonchev–Trinajstić information content (AvgIpc) is 2.44. The van der Waals surface area contributed by atoms with Gasteiger partial charge in [0, 0.05) is 23.7 Å². The maximum atomic E-state index is 12.5. The summed E-state index contributed by atoms with van der Waals surface area (Å²) in [6.07, 6.45) is 0. The summed E-state index contributed by atoms with van der Waals surface area (Å²) >= 11 is 0. The Morgan fingerprint density at radius 2 is 2.24 bits per heavy atom. The van der Waals surface area contributed by atoms with Gasteiger partial charge in [-0.2, -0.15) is 0 Å². The topological polar surface area (TPSA) is 74.7 Å². The molecule has 1 aliphatic rings. The fourth-order valence-electron chi connectivity index (χ4n) is 2.34. The highest BCUT2D eigenvalue weighted by Gasteiger charge is 2.31. The van der Waals surface area contributed by atoms with Crippen molar-refractivity contribution in [3.05, 3.63) is 35.4 Å². The van der Waals surface area contributed by atoms with Crippen molar-refractivity contribution in [1.29, 1.82) is 0 Å². The van der Waals surface area contributed by atoms with E-state index in [2.05, 4.69) is 11.8 Å². The molecule has 1 aromatic carbocycles. The van der Waals surface area contributed by atoms with Crippen molar-refractivity contribution in [1.82, 2.24) is 4.90 Å². The first kappa shape index (κ1) is 15.5. The minimum Gasteiger partial charge on any atom is -0.384 e. The molecule has 1 aliphatic heterocycles. The molecule has 0 saturated carbocycles. The monoisotopic (exact) mass is 307 g/mol. The van der Waals surface area contributed by atoms with Crippen molar-refractivity contribution < 1.29 is 18.3 Å². The molecule has 5 nitrogen and oxygen atoms in total. The van der Waals surface area contributed by atoms with E-state index in [1.807, 2.05) is 0 Å². The highest BCUT2D eigenvalue weighted by atomic mass is 32.2. The van der Waals surface area contributed by atoms with E-state index in [0.717, 1.165) is 0 Å². The van der Waals surface area contributed by atoms with Crippen LogP contribution in [0.25, 0.3) is 0 Å². The molecule has 2 rings (SSSR count). The van der Waals surface area contributed by atoms with Crippen molar-refractivity contribution in [3.8, 4) is 11.8 Å². The molecule has 1 atom stereocenters. The van der Waals surface area contributed by atoms with Crippen molar-refractivity contribution in [2.24, 2.45) is 0 Å². The summed E-state index contributed by atoms with van der Waals surface area (Å²) in [5.41, 5.74) is 1.12. The van der Waals surface area contributed by atoms with Crippen LogP contribution >= 0.6 is 0 Å². The predicted octanol–water partition coefficient (Wildman–Crippen LogP) is 0.289. The molecule has 112 valence electrons. The molecule has 1 heterocycles. The minimum absolute atomic E-state index is 0.00273. The number of hydrogen-bond donors (Lipinski definition) is 1. The first-order chi connectivity index (χ1) is 9.93. The highest BCUT2D eigenvalue weighted by molar-refractivity contribution is 7.91. The van der Waals surface area contributed by atoms with Crippen LogP contribution < -0.4 is 0 Å². The number of aliphatic hydroxyl groups is 1. The van der Waals surface area contributed by atoms with Crippen LogP contribution in [0.1, 0.15) is 22.8 Å². The first-order valence-electron chi connectivity index (χ1n) is 6.64. The summed E-state index contributed by atoms with van der Waals surface area (Å²) in [7, 11) is -3.04. The van der Waals surface area contributed by atoms with Gasteiger partial charge in [-0.3, -0.25) is 4.79 Å². The third-order valence-electron chi connectivity index (χ3n) is 3.35. The molecular weight excluding hydrogens is 290 g/mol. The van der Waals surface area contributed by atoms with E-state index in [4.69, 9.17) is 5.11 Å². The van der Waals surface area contributed by atoms with E-state index < -0.39 is 9.84 Å². The number of aliphatic hydroxyl groups excluding tert-OH is 1. The molecule has 0 bridgehead atoms. The van der Waals surface area contributed by atoms with Crippen LogP contribution in [-0.4, -0.2) is 55.0 Å². The van der Waals surface area contributed by atoms with Gasteiger partial charge in [0.1, 0.15) is 6.61 Å². The minimum atomic E-state index is -3.04. The first-order valence-corrected chi connectivity index (χ1v) is 8.46. The zero-order chi connectivity index (χ0) is 15.5. The van der Waals surface area contributed by atoms with Crippen molar-refractivity contribution >= 4 is 15.7 Å². The van der Waals surface area contributed by atoms with E-state index in [9.17, 15) is 13.2 Å². The summed E-state index contributed by atoms with van der Waals surface area (Å²) in [5, 5.41) is 8.69. The largest absolute Gasteiger partial charge is 0.384 e. The van der Waals surface area contributed by atoms with Gasteiger partial charge in [0.15, 0.2) is 9.84 Å². The fraction of sp³-hybridized carbons (Fsp3) is 0.400. The predicted molar refractivity (Wildman–Crippen MR) is 79.6 cm³/mol. The number of hydrogen-bond acceptors (Lipinski definition) is 4. The zero-order valence-electron chi connectivity index (χ0n) is 11.7. The lowest BCUT2D eigenvalue weighted by Gasteiger charge is -2.33. The molecule has 1 aromatic rings. The molecule has 1 saturated heterocycles. The smallest absolute Gasteiger partial charge is 0.254 e. The summed E-state index contributed by atoms with van der Waals surface area (Å²) in [4.78, 5) is 14.1. The molecule has 0 radical (unpaired) electrons. The van der Waals surface area contributed by atoms with Gasteiger partial charge in [-0.1, -0.05) is 17.9 Å². The van der Waals surface area contributed by atoms with Crippen LogP contribution in [0.5, 0.6) is 0 Å². The summed E-state index contributed by atoms with van der Waals surface area (Å²) in [6, 6.07) is 6.48. The van der Waals surface area contributed by atoms with Gasteiger partial charge in [-0.15, -0.1) is 0 Å². The van der Waals surface area contributed by atoms with E-state index in [1.54, 1.807) is 36.1 Å². The standard InChI is InChI=1S/C15H17NO4S/c1-12-11-21(19,20)9-7-16(12)15(18)14-6-2-4-13(10-14)5-3-8-17/h2,4,6,10,12,17H,7-9,11H2,1H3. The number of sulfone groups is 1. The molecule has 0 aliphatic carbocycles. The lowest BCUT2D eigenvalue weighted by Crippen LogP contribution is -2.49. The van der Waals surface area contributed by atoms with Gasteiger partial charge in [0.25, 0.3) is 5.91 Å². The number of rotatable bonds is 1. The Bertz CT molecular complexity index is 700. The van der Waals surface area contributed by atoms with Gasteiger partial charge in [-0.05, 0) is 25.1 Å². The lowest BCUT2D eigenvalue weighted by molar-refractivity contribution is 0.0712. The molecule has 1 amide bonds. The number of amides is 1.